The molecule has 5 nitrogen and oxygen atoms in total. The van der Waals surface area contributed by atoms with Crippen molar-refractivity contribution in [3.63, 3.8) is 0 Å². The van der Waals surface area contributed by atoms with Crippen molar-refractivity contribution in [2.45, 2.75) is 19.8 Å². The molecule has 0 fully saturated rings. The molecule has 0 bridgehead atoms. The van der Waals surface area contributed by atoms with Crippen molar-refractivity contribution in [3.05, 3.63) is 24.3 Å². The number of nitrogens with two attached hydrogens (primary N) is 1. The summed E-state index contributed by atoms with van der Waals surface area (Å²) in [4.78, 5) is 11.5. The second kappa shape index (κ2) is 8.37. The summed E-state index contributed by atoms with van der Waals surface area (Å²) in [6.07, 6.45) is 1.75. The molecule has 1 rings (SSSR count). The van der Waals surface area contributed by atoms with Crippen molar-refractivity contribution in [1.29, 1.82) is 0 Å². The first-order valence-electron chi connectivity index (χ1n) is 6.47. The lowest BCUT2D eigenvalue weighted by atomic mass is 10.1. The first-order chi connectivity index (χ1) is 9.11. The van der Waals surface area contributed by atoms with Gasteiger partial charge in [-0.05, 0) is 30.9 Å². The number of hydrogen-bond donors (Lipinski definition) is 3. The maximum Gasteiger partial charge on any atom is 0.257 e. The number of aliphatic hydroxyl groups is 1. The molecule has 19 heavy (non-hydrogen) atoms. The lowest BCUT2D eigenvalue weighted by Gasteiger charge is -2.09. The summed E-state index contributed by atoms with van der Waals surface area (Å²) >= 11 is 0. The van der Waals surface area contributed by atoms with Crippen LogP contribution in [0.15, 0.2) is 24.3 Å². The van der Waals surface area contributed by atoms with E-state index < -0.39 is 0 Å². The van der Waals surface area contributed by atoms with Gasteiger partial charge >= 0.3 is 0 Å². The van der Waals surface area contributed by atoms with Crippen LogP contribution in [0.2, 0.25) is 0 Å². The van der Waals surface area contributed by atoms with E-state index in [0.717, 1.165) is 12.8 Å². The third-order valence-corrected chi connectivity index (χ3v) is 2.74. The Bertz CT molecular complexity index is 396. The van der Waals surface area contributed by atoms with E-state index in [9.17, 15) is 4.79 Å². The van der Waals surface area contributed by atoms with E-state index in [0.29, 0.717) is 18.0 Å². The van der Waals surface area contributed by atoms with Gasteiger partial charge in [0.15, 0.2) is 6.61 Å². The Kier molecular flexibility index (Phi) is 6.74. The van der Waals surface area contributed by atoms with Gasteiger partial charge in [0.25, 0.3) is 5.91 Å². The van der Waals surface area contributed by atoms with E-state index in [1.165, 1.54) is 0 Å². The molecule has 0 saturated heterocycles. The molecule has 0 aromatic heterocycles. The lowest BCUT2D eigenvalue weighted by molar-refractivity contribution is -0.123. The van der Waals surface area contributed by atoms with Gasteiger partial charge in [-0.25, -0.2) is 0 Å². The first kappa shape index (κ1) is 15.3. The fourth-order valence-electron chi connectivity index (χ4n) is 1.57. The van der Waals surface area contributed by atoms with Gasteiger partial charge < -0.3 is 20.9 Å². The molecule has 0 aliphatic carbocycles. The van der Waals surface area contributed by atoms with Crippen LogP contribution in [0.4, 0.5) is 5.69 Å². The number of carbonyl (C=O) groups excluding carboxylic acids is 1. The highest BCUT2D eigenvalue weighted by atomic mass is 16.5. The number of amides is 1. The highest BCUT2D eigenvalue weighted by molar-refractivity contribution is 5.77. The van der Waals surface area contributed by atoms with Crippen molar-refractivity contribution < 1.29 is 14.6 Å². The quantitative estimate of drug-likeness (QED) is 0.487. The molecule has 5 heteroatoms. The molecule has 1 atom stereocenters. The largest absolute Gasteiger partial charge is 0.484 e. The van der Waals surface area contributed by atoms with Crippen LogP contribution in [0.3, 0.4) is 0 Å². The molecule has 0 saturated carbocycles. The molecule has 1 aromatic rings. The second-order valence-electron chi connectivity index (χ2n) is 4.64. The number of benzene rings is 1. The average Bonchev–Trinajstić information content (AvgIpc) is 2.41. The lowest BCUT2D eigenvalue weighted by Crippen LogP contribution is -2.29. The van der Waals surface area contributed by atoms with Crippen molar-refractivity contribution >= 4 is 11.6 Å². The molecule has 106 valence electrons. The number of nitrogen functional groups attached to an aromatic ring is 1. The van der Waals surface area contributed by atoms with Gasteiger partial charge in [0.2, 0.25) is 0 Å². The molecular formula is C14H22N2O3. The number of ether oxygens (including phenoxy) is 1. The molecule has 4 N–H and O–H groups in total. The molecule has 1 unspecified atom stereocenters. The van der Waals surface area contributed by atoms with E-state index in [1.807, 2.05) is 6.92 Å². The minimum atomic E-state index is -0.154. The fraction of sp³-hybridized carbons (Fsp3) is 0.500. The molecule has 0 heterocycles. The van der Waals surface area contributed by atoms with E-state index in [1.54, 1.807) is 24.3 Å². The number of anilines is 1. The molecule has 0 aliphatic rings. The zero-order valence-electron chi connectivity index (χ0n) is 11.3. The highest BCUT2D eigenvalue weighted by Gasteiger charge is 2.04. The summed E-state index contributed by atoms with van der Waals surface area (Å²) < 4.78 is 5.32. The van der Waals surface area contributed by atoms with Gasteiger partial charge in [-0.3, -0.25) is 4.79 Å². The Morgan fingerprint density at radius 2 is 2.32 bits per heavy atom. The van der Waals surface area contributed by atoms with Crippen LogP contribution in [0.1, 0.15) is 19.8 Å². The second-order valence-corrected chi connectivity index (χ2v) is 4.64. The summed E-state index contributed by atoms with van der Waals surface area (Å²) in [5.74, 6) is 0.712. The number of aliphatic hydroxyl groups excluding tert-OH is 1. The van der Waals surface area contributed by atoms with E-state index in [2.05, 4.69) is 5.32 Å². The maximum atomic E-state index is 11.5. The smallest absolute Gasteiger partial charge is 0.257 e. The predicted molar refractivity (Wildman–Crippen MR) is 74.8 cm³/mol. The van der Waals surface area contributed by atoms with Crippen LogP contribution in [0.25, 0.3) is 0 Å². The average molecular weight is 266 g/mol. The van der Waals surface area contributed by atoms with Crippen LogP contribution < -0.4 is 15.8 Å². The van der Waals surface area contributed by atoms with Crippen LogP contribution in [-0.4, -0.2) is 30.8 Å². The minimum absolute atomic E-state index is 0.0149. The number of carbonyl (C=O) groups is 1. The molecule has 1 aromatic carbocycles. The van der Waals surface area contributed by atoms with Crippen LogP contribution in [0.5, 0.6) is 5.75 Å². The summed E-state index contributed by atoms with van der Waals surface area (Å²) in [7, 11) is 0. The third kappa shape index (κ3) is 6.67. The Balaban J connectivity index is 2.14. The molecule has 0 aliphatic heterocycles. The standard InChI is InChI=1S/C14H22N2O3/c1-11(9-17)4-3-7-16-14(18)10-19-13-6-2-5-12(15)8-13/h2,5-6,8,11,17H,3-4,7,9-10,15H2,1H3,(H,16,18). The van der Waals surface area contributed by atoms with Gasteiger partial charge in [-0.15, -0.1) is 0 Å². The van der Waals surface area contributed by atoms with Gasteiger partial charge in [0.05, 0.1) is 0 Å². The molecule has 1 amide bonds. The van der Waals surface area contributed by atoms with Crippen molar-refractivity contribution in [2.75, 3.05) is 25.5 Å². The monoisotopic (exact) mass is 266 g/mol. The third-order valence-electron chi connectivity index (χ3n) is 2.74. The predicted octanol–water partition coefficient (Wildman–Crippen LogP) is 1.17. The number of hydrogen-bond acceptors (Lipinski definition) is 4. The highest BCUT2D eigenvalue weighted by Crippen LogP contribution is 2.13. The minimum Gasteiger partial charge on any atom is -0.484 e. The Morgan fingerprint density at radius 1 is 1.53 bits per heavy atom. The van der Waals surface area contributed by atoms with Crippen molar-refractivity contribution in [3.8, 4) is 5.75 Å². The van der Waals surface area contributed by atoms with Gasteiger partial charge in [0.1, 0.15) is 5.75 Å². The zero-order valence-corrected chi connectivity index (χ0v) is 11.3. The van der Waals surface area contributed by atoms with E-state index in [-0.39, 0.29) is 25.0 Å². The van der Waals surface area contributed by atoms with E-state index >= 15 is 0 Å². The Morgan fingerprint density at radius 3 is 3.00 bits per heavy atom. The van der Waals surface area contributed by atoms with Crippen molar-refractivity contribution in [2.24, 2.45) is 5.92 Å². The SMILES string of the molecule is CC(CO)CCCNC(=O)COc1cccc(N)c1. The number of rotatable bonds is 8. The van der Waals surface area contributed by atoms with Crippen LogP contribution in [0, 0.1) is 5.92 Å². The van der Waals surface area contributed by atoms with Gasteiger partial charge in [-0.1, -0.05) is 13.0 Å². The Hall–Kier alpha value is -1.75. The molecular weight excluding hydrogens is 244 g/mol. The first-order valence-corrected chi connectivity index (χ1v) is 6.47. The molecule has 0 radical (unpaired) electrons. The van der Waals surface area contributed by atoms with Gasteiger partial charge in [-0.2, -0.15) is 0 Å². The summed E-state index contributed by atoms with van der Waals surface area (Å²) in [5, 5.41) is 11.6. The zero-order chi connectivity index (χ0) is 14.1. The van der Waals surface area contributed by atoms with Crippen molar-refractivity contribution in [1.82, 2.24) is 5.32 Å². The van der Waals surface area contributed by atoms with Crippen LogP contribution >= 0.6 is 0 Å². The summed E-state index contributed by atoms with van der Waals surface area (Å²) in [5.41, 5.74) is 6.21. The maximum absolute atomic E-state index is 11.5. The van der Waals surface area contributed by atoms with Crippen LogP contribution in [-0.2, 0) is 4.79 Å². The number of nitrogens with one attached hydrogen (secondary N) is 1. The van der Waals surface area contributed by atoms with E-state index in [4.69, 9.17) is 15.6 Å². The fourth-order valence-corrected chi connectivity index (χ4v) is 1.57. The molecule has 0 spiro atoms. The normalized spacial score (nSPS) is 11.9. The summed E-state index contributed by atoms with van der Waals surface area (Å²) in [6, 6.07) is 6.97. The summed E-state index contributed by atoms with van der Waals surface area (Å²) in [6.45, 7) is 2.75. The van der Waals surface area contributed by atoms with Gasteiger partial charge in [0, 0.05) is 24.9 Å². The topological polar surface area (TPSA) is 84.6 Å². The Labute approximate surface area is 113 Å².